The van der Waals surface area contributed by atoms with E-state index in [9.17, 15) is 15.0 Å². The summed E-state index contributed by atoms with van der Waals surface area (Å²) in [6, 6.07) is 0. The Hall–Kier alpha value is -1.13. The fourth-order valence-electron chi connectivity index (χ4n) is 7.23. The molecule has 4 nitrogen and oxygen atoms in total. The van der Waals surface area contributed by atoms with Crippen molar-refractivity contribution in [1.82, 2.24) is 0 Å². The van der Waals surface area contributed by atoms with Crippen molar-refractivity contribution in [3.63, 3.8) is 0 Å². The molecule has 4 rings (SSSR count). The SMILES string of the molecule is COC1=CC2=CC[C@H]3[C@@H]4CC[C@H](C(=O)CO)[C@@]4(C)CC(O)[C@@H]3[C@@]2(C)CC1. The molecule has 2 fully saturated rings. The van der Waals surface area contributed by atoms with Gasteiger partial charge >= 0.3 is 0 Å². The first-order valence-electron chi connectivity index (χ1n) is 10.1. The number of ketones is 1. The van der Waals surface area contributed by atoms with Gasteiger partial charge in [0.25, 0.3) is 0 Å². The smallest absolute Gasteiger partial charge is 0.161 e. The van der Waals surface area contributed by atoms with E-state index in [1.54, 1.807) is 7.11 Å². The lowest BCUT2D eigenvalue weighted by molar-refractivity contribution is -0.141. The Bertz CT molecular complexity index is 665. The molecule has 0 aromatic carbocycles. The number of carbonyl (C=O) groups is 1. The van der Waals surface area contributed by atoms with Gasteiger partial charge in [-0.2, -0.15) is 0 Å². The molecular formula is C22H32O4. The van der Waals surface area contributed by atoms with Gasteiger partial charge in [0, 0.05) is 12.3 Å². The molecule has 0 amide bonds. The van der Waals surface area contributed by atoms with Crippen molar-refractivity contribution in [2.45, 2.75) is 58.5 Å². The number of hydrogen-bond donors (Lipinski definition) is 2. The van der Waals surface area contributed by atoms with Gasteiger partial charge in [-0.3, -0.25) is 4.79 Å². The number of fused-ring (bicyclic) bond motifs is 5. The maximum atomic E-state index is 12.3. The number of carbonyl (C=O) groups excluding carboxylic acids is 1. The Kier molecular flexibility index (Phi) is 4.35. The van der Waals surface area contributed by atoms with Crippen LogP contribution in [0.15, 0.2) is 23.5 Å². The highest BCUT2D eigenvalue weighted by atomic mass is 16.5. The van der Waals surface area contributed by atoms with Gasteiger partial charge in [0.1, 0.15) is 6.61 Å². The van der Waals surface area contributed by atoms with Gasteiger partial charge in [-0.1, -0.05) is 19.9 Å². The molecule has 7 atom stereocenters. The van der Waals surface area contributed by atoms with Crippen molar-refractivity contribution in [2.24, 2.45) is 34.5 Å². The van der Waals surface area contributed by atoms with Crippen molar-refractivity contribution in [1.29, 1.82) is 0 Å². The normalized spacial score (nSPS) is 47.2. The van der Waals surface area contributed by atoms with E-state index in [0.29, 0.717) is 18.3 Å². The van der Waals surface area contributed by atoms with E-state index in [-0.39, 0.29) is 41.2 Å². The summed E-state index contributed by atoms with van der Waals surface area (Å²) in [7, 11) is 1.73. The summed E-state index contributed by atoms with van der Waals surface area (Å²) < 4.78 is 5.48. The number of Topliss-reactive ketones (excluding diaryl/α,β-unsaturated/α-hetero) is 1. The quantitative estimate of drug-likeness (QED) is 0.811. The molecule has 0 bridgehead atoms. The zero-order valence-electron chi connectivity index (χ0n) is 16.2. The summed E-state index contributed by atoms with van der Waals surface area (Å²) in [6.07, 6.45) is 9.65. The van der Waals surface area contributed by atoms with Crippen LogP contribution in [0.3, 0.4) is 0 Å². The van der Waals surface area contributed by atoms with Gasteiger partial charge in [0.2, 0.25) is 0 Å². The molecule has 4 heteroatoms. The molecule has 0 aromatic heterocycles. The minimum absolute atomic E-state index is 0.00916. The maximum absolute atomic E-state index is 12.3. The number of methoxy groups -OCH3 is 1. The number of hydrogen-bond acceptors (Lipinski definition) is 4. The standard InChI is InChI=1S/C22H32O4/c1-21-9-8-14(26-3)10-13(21)4-5-15-16-6-7-17(19(25)12-23)22(16,2)11-18(24)20(15)21/h4,10,15-18,20,23-24H,5-9,11-12H2,1-3H3/t15-,16-,17+,18?,20+,21-,22-/m0/s1. The fourth-order valence-corrected chi connectivity index (χ4v) is 7.23. The summed E-state index contributed by atoms with van der Waals surface area (Å²) >= 11 is 0. The van der Waals surface area contributed by atoms with Crippen LogP contribution < -0.4 is 0 Å². The van der Waals surface area contributed by atoms with Gasteiger partial charge in [-0.15, -0.1) is 0 Å². The Morgan fingerprint density at radius 1 is 1.35 bits per heavy atom. The molecule has 1 unspecified atom stereocenters. The maximum Gasteiger partial charge on any atom is 0.161 e. The van der Waals surface area contributed by atoms with E-state index in [1.807, 2.05) is 0 Å². The molecule has 4 aliphatic carbocycles. The Balaban J connectivity index is 1.71. The number of rotatable bonds is 3. The predicted molar refractivity (Wildman–Crippen MR) is 99.2 cm³/mol. The molecule has 0 spiro atoms. The van der Waals surface area contributed by atoms with E-state index in [1.165, 1.54) is 5.57 Å². The average Bonchev–Trinajstić information content (AvgIpc) is 2.96. The molecule has 2 saturated carbocycles. The van der Waals surface area contributed by atoms with Crippen LogP contribution in [0.25, 0.3) is 0 Å². The van der Waals surface area contributed by atoms with Crippen LogP contribution in [0.1, 0.15) is 52.4 Å². The first kappa shape index (κ1) is 18.2. The third-order valence-electron chi connectivity index (χ3n) is 8.47. The average molecular weight is 360 g/mol. The highest BCUT2D eigenvalue weighted by Crippen LogP contribution is 2.66. The minimum Gasteiger partial charge on any atom is -0.501 e. The Morgan fingerprint density at radius 2 is 2.12 bits per heavy atom. The molecule has 0 heterocycles. The number of aliphatic hydroxyl groups is 2. The first-order valence-corrected chi connectivity index (χ1v) is 10.1. The van der Waals surface area contributed by atoms with Gasteiger partial charge in [0.05, 0.1) is 19.0 Å². The number of aliphatic hydroxyl groups excluding tert-OH is 2. The molecule has 2 N–H and O–H groups in total. The van der Waals surface area contributed by atoms with Crippen LogP contribution in [0.4, 0.5) is 0 Å². The van der Waals surface area contributed by atoms with Gasteiger partial charge < -0.3 is 14.9 Å². The summed E-state index contributed by atoms with van der Waals surface area (Å²) in [4.78, 5) is 12.3. The van der Waals surface area contributed by atoms with Crippen molar-refractivity contribution >= 4 is 5.78 Å². The van der Waals surface area contributed by atoms with E-state index < -0.39 is 0 Å². The van der Waals surface area contributed by atoms with Crippen molar-refractivity contribution < 1.29 is 19.7 Å². The lowest BCUT2D eigenvalue weighted by Gasteiger charge is -2.58. The number of ether oxygens (including phenoxy) is 1. The van der Waals surface area contributed by atoms with E-state index in [0.717, 1.165) is 37.9 Å². The topological polar surface area (TPSA) is 66.8 Å². The highest BCUT2D eigenvalue weighted by molar-refractivity contribution is 5.83. The Morgan fingerprint density at radius 3 is 2.81 bits per heavy atom. The third kappa shape index (κ3) is 2.37. The first-order chi connectivity index (χ1) is 12.3. The van der Waals surface area contributed by atoms with Crippen LogP contribution in [-0.4, -0.2) is 35.8 Å². The van der Waals surface area contributed by atoms with Crippen LogP contribution >= 0.6 is 0 Å². The summed E-state index contributed by atoms with van der Waals surface area (Å²) in [5.41, 5.74) is 1.14. The highest BCUT2D eigenvalue weighted by Gasteiger charge is 2.62. The van der Waals surface area contributed by atoms with Gasteiger partial charge in [-0.05, 0) is 72.3 Å². The van der Waals surface area contributed by atoms with Gasteiger partial charge in [0.15, 0.2) is 5.78 Å². The van der Waals surface area contributed by atoms with Crippen molar-refractivity contribution in [3.05, 3.63) is 23.5 Å². The van der Waals surface area contributed by atoms with E-state index >= 15 is 0 Å². The van der Waals surface area contributed by atoms with Crippen molar-refractivity contribution in [2.75, 3.05) is 13.7 Å². The summed E-state index contributed by atoms with van der Waals surface area (Å²) in [5.74, 6) is 2.03. The summed E-state index contributed by atoms with van der Waals surface area (Å²) in [5, 5.41) is 20.7. The molecule has 0 aromatic rings. The monoisotopic (exact) mass is 360 g/mol. The molecule has 4 aliphatic rings. The third-order valence-corrected chi connectivity index (χ3v) is 8.47. The van der Waals surface area contributed by atoms with Gasteiger partial charge in [-0.25, -0.2) is 0 Å². The number of allylic oxidation sites excluding steroid dienone is 4. The molecule has 0 saturated heterocycles. The fraction of sp³-hybridized carbons (Fsp3) is 0.773. The molecular weight excluding hydrogens is 328 g/mol. The zero-order chi connectivity index (χ0) is 18.7. The molecule has 0 aliphatic heterocycles. The lowest BCUT2D eigenvalue weighted by atomic mass is 9.47. The molecule has 0 radical (unpaired) electrons. The molecule has 144 valence electrons. The van der Waals surface area contributed by atoms with Crippen LogP contribution in [0.5, 0.6) is 0 Å². The summed E-state index contributed by atoms with van der Waals surface area (Å²) in [6.45, 7) is 4.13. The molecule has 26 heavy (non-hydrogen) atoms. The van der Waals surface area contributed by atoms with E-state index in [2.05, 4.69) is 26.0 Å². The van der Waals surface area contributed by atoms with Crippen LogP contribution in [-0.2, 0) is 9.53 Å². The van der Waals surface area contributed by atoms with Crippen molar-refractivity contribution in [3.8, 4) is 0 Å². The largest absolute Gasteiger partial charge is 0.501 e. The lowest BCUT2D eigenvalue weighted by Crippen LogP contribution is -2.56. The Labute approximate surface area is 156 Å². The zero-order valence-corrected chi connectivity index (χ0v) is 16.2. The minimum atomic E-state index is -0.389. The van der Waals surface area contributed by atoms with Crippen LogP contribution in [0, 0.1) is 34.5 Å². The second-order valence-electron chi connectivity index (χ2n) is 9.46. The predicted octanol–water partition coefficient (Wildman–Crippen LogP) is 3.24. The second-order valence-corrected chi connectivity index (χ2v) is 9.46. The van der Waals surface area contributed by atoms with Crippen LogP contribution in [0.2, 0.25) is 0 Å². The van der Waals surface area contributed by atoms with E-state index in [4.69, 9.17) is 4.74 Å². The second kappa shape index (κ2) is 6.20.